The molecular weight excluding hydrogens is 269 g/mol. The third-order valence-corrected chi connectivity index (χ3v) is 3.13. The molecule has 0 spiro atoms. The van der Waals surface area contributed by atoms with E-state index in [1.54, 1.807) is 12.1 Å². The SMILES string of the molecule is Cc1ccc(C(=O)COc2cccc(F)c2C#N)c(C)c1. The molecule has 21 heavy (non-hydrogen) atoms. The monoisotopic (exact) mass is 283 g/mol. The second-order valence-corrected chi connectivity index (χ2v) is 4.76. The zero-order valence-electron chi connectivity index (χ0n) is 11.8. The molecule has 0 radical (unpaired) electrons. The average molecular weight is 283 g/mol. The zero-order chi connectivity index (χ0) is 15.4. The van der Waals surface area contributed by atoms with Gasteiger partial charge in [-0.15, -0.1) is 0 Å². The lowest BCUT2D eigenvalue weighted by Gasteiger charge is -2.09. The number of halogens is 1. The van der Waals surface area contributed by atoms with E-state index in [1.165, 1.54) is 18.2 Å². The Labute approximate surface area is 122 Å². The molecule has 0 atom stereocenters. The van der Waals surface area contributed by atoms with Gasteiger partial charge in [0.25, 0.3) is 0 Å². The Bertz CT molecular complexity index is 732. The summed E-state index contributed by atoms with van der Waals surface area (Å²) in [5, 5.41) is 8.90. The predicted octanol–water partition coefficient (Wildman–Crippen LogP) is 3.58. The molecule has 0 bridgehead atoms. The molecule has 2 aromatic rings. The second kappa shape index (κ2) is 6.19. The van der Waals surface area contributed by atoms with Crippen molar-refractivity contribution in [3.63, 3.8) is 0 Å². The van der Waals surface area contributed by atoms with Crippen LogP contribution in [0.5, 0.6) is 5.75 Å². The summed E-state index contributed by atoms with van der Waals surface area (Å²) in [5.41, 5.74) is 2.31. The number of benzene rings is 2. The summed E-state index contributed by atoms with van der Waals surface area (Å²) in [6.45, 7) is 3.56. The maximum Gasteiger partial charge on any atom is 0.200 e. The fourth-order valence-corrected chi connectivity index (χ4v) is 2.08. The fourth-order valence-electron chi connectivity index (χ4n) is 2.08. The van der Waals surface area contributed by atoms with Crippen LogP contribution in [0.2, 0.25) is 0 Å². The van der Waals surface area contributed by atoms with Crippen LogP contribution in [-0.2, 0) is 0 Å². The summed E-state index contributed by atoms with van der Waals surface area (Å²) < 4.78 is 18.7. The van der Waals surface area contributed by atoms with E-state index in [0.29, 0.717) is 5.56 Å². The summed E-state index contributed by atoms with van der Waals surface area (Å²) in [6.07, 6.45) is 0. The highest BCUT2D eigenvalue weighted by atomic mass is 19.1. The number of nitrogens with zero attached hydrogens (tertiary/aromatic N) is 1. The summed E-state index contributed by atoms with van der Waals surface area (Å²) in [7, 11) is 0. The minimum absolute atomic E-state index is 0.0793. The Balaban J connectivity index is 2.15. The lowest BCUT2D eigenvalue weighted by atomic mass is 10.0. The molecule has 106 valence electrons. The minimum atomic E-state index is -0.658. The number of ketones is 1. The van der Waals surface area contributed by atoms with Crippen molar-refractivity contribution in [3.05, 3.63) is 64.5 Å². The van der Waals surface area contributed by atoms with Crippen molar-refractivity contribution in [2.24, 2.45) is 0 Å². The number of carbonyl (C=O) groups excluding carboxylic acids is 1. The van der Waals surface area contributed by atoms with Crippen molar-refractivity contribution in [2.75, 3.05) is 6.61 Å². The first-order valence-corrected chi connectivity index (χ1v) is 6.45. The first-order valence-electron chi connectivity index (χ1n) is 6.45. The Kier molecular flexibility index (Phi) is 4.34. The number of carbonyl (C=O) groups is 1. The largest absolute Gasteiger partial charge is 0.484 e. The Morgan fingerprint density at radius 3 is 2.71 bits per heavy atom. The molecule has 0 fully saturated rings. The lowest BCUT2D eigenvalue weighted by molar-refractivity contribution is 0.0920. The van der Waals surface area contributed by atoms with Gasteiger partial charge in [-0.3, -0.25) is 4.79 Å². The van der Waals surface area contributed by atoms with E-state index in [0.717, 1.165) is 11.1 Å². The van der Waals surface area contributed by atoms with Crippen LogP contribution in [0.1, 0.15) is 27.0 Å². The van der Waals surface area contributed by atoms with Crippen molar-refractivity contribution in [1.82, 2.24) is 0 Å². The highest BCUT2D eigenvalue weighted by Crippen LogP contribution is 2.21. The quantitative estimate of drug-likeness (QED) is 0.806. The third kappa shape index (κ3) is 3.26. The summed E-state index contributed by atoms with van der Waals surface area (Å²) >= 11 is 0. The van der Waals surface area contributed by atoms with Crippen LogP contribution in [0.15, 0.2) is 36.4 Å². The maximum absolute atomic E-state index is 13.4. The van der Waals surface area contributed by atoms with Crippen LogP contribution in [0.3, 0.4) is 0 Å². The molecule has 0 aliphatic rings. The van der Waals surface area contributed by atoms with Gasteiger partial charge in [-0.25, -0.2) is 4.39 Å². The van der Waals surface area contributed by atoms with Crippen molar-refractivity contribution in [3.8, 4) is 11.8 Å². The number of ether oxygens (including phenoxy) is 1. The molecule has 0 saturated carbocycles. The first-order chi connectivity index (χ1) is 10.0. The molecule has 0 N–H and O–H groups in total. The molecule has 0 heterocycles. The van der Waals surface area contributed by atoms with Crippen LogP contribution >= 0.6 is 0 Å². The van der Waals surface area contributed by atoms with E-state index in [4.69, 9.17) is 10.00 Å². The fraction of sp³-hybridized carbons (Fsp3) is 0.176. The van der Waals surface area contributed by atoms with Crippen molar-refractivity contribution < 1.29 is 13.9 Å². The van der Waals surface area contributed by atoms with Crippen molar-refractivity contribution in [2.45, 2.75) is 13.8 Å². The van der Waals surface area contributed by atoms with Crippen LogP contribution in [0, 0.1) is 31.0 Å². The van der Waals surface area contributed by atoms with Gasteiger partial charge in [0.2, 0.25) is 0 Å². The van der Waals surface area contributed by atoms with E-state index in [1.807, 2.05) is 26.0 Å². The second-order valence-electron chi connectivity index (χ2n) is 4.76. The van der Waals surface area contributed by atoms with Crippen molar-refractivity contribution in [1.29, 1.82) is 5.26 Å². The number of Topliss-reactive ketones (excluding diaryl/α,β-unsaturated/α-hetero) is 1. The minimum Gasteiger partial charge on any atom is -0.484 e. The topological polar surface area (TPSA) is 50.1 Å². The normalized spacial score (nSPS) is 10.0. The van der Waals surface area contributed by atoms with Gasteiger partial charge in [0.05, 0.1) is 0 Å². The molecule has 0 saturated heterocycles. The van der Waals surface area contributed by atoms with Crippen LogP contribution in [-0.4, -0.2) is 12.4 Å². The van der Waals surface area contributed by atoms with Crippen LogP contribution in [0.25, 0.3) is 0 Å². The average Bonchev–Trinajstić information content (AvgIpc) is 2.44. The van der Waals surface area contributed by atoms with Gasteiger partial charge >= 0.3 is 0 Å². The van der Waals surface area contributed by atoms with E-state index in [-0.39, 0.29) is 23.7 Å². The van der Waals surface area contributed by atoms with Gasteiger partial charge < -0.3 is 4.74 Å². The Morgan fingerprint density at radius 2 is 2.05 bits per heavy atom. The van der Waals surface area contributed by atoms with Gasteiger partial charge in [0.15, 0.2) is 12.4 Å². The number of rotatable bonds is 4. The summed E-state index contributed by atoms with van der Waals surface area (Å²) in [5.74, 6) is -0.787. The number of hydrogen-bond donors (Lipinski definition) is 0. The Morgan fingerprint density at radius 1 is 1.29 bits per heavy atom. The van der Waals surface area contributed by atoms with Crippen LogP contribution < -0.4 is 4.74 Å². The number of nitriles is 1. The molecule has 3 nitrogen and oxygen atoms in total. The van der Waals surface area contributed by atoms with Gasteiger partial charge in [0, 0.05) is 5.56 Å². The number of hydrogen-bond acceptors (Lipinski definition) is 3. The molecule has 4 heteroatoms. The molecule has 0 aromatic heterocycles. The summed E-state index contributed by atoms with van der Waals surface area (Å²) in [4.78, 5) is 12.1. The molecule has 0 aliphatic carbocycles. The van der Waals surface area contributed by atoms with Gasteiger partial charge in [-0.1, -0.05) is 29.8 Å². The van der Waals surface area contributed by atoms with E-state index < -0.39 is 5.82 Å². The van der Waals surface area contributed by atoms with Gasteiger partial charge in [-0.05, 0) is 31.5 Å². The first kappa shape index (κ1) is 14.7. The molecule has 0 amide bonds. The predicted molar refractivity (Wildman–Crippen MR) is 76.9 cm³/mol. The molecule has 0 unspecified atom stereocenters. The van der Waals surface area contributed by atoms with E-state index >= 15 is 0 Å². The summed E-state index contributed by atoms with van der Waals surface area (Å²) in [6, 6.07) is 11.3. The van der Waals surface area contributed by atoms with Crippen molar-refractivity contribution >= 4 is 5.78 Å². The lowest BCUT2D eigenvalue weighted by Crippen LogP contribution is -2.13. The standard InChI is InChI=1S/C17H14FNO2/c1-11-6-7-13(12(2)8-11)16(20)10-21-17-5-3-4-15(18)14(17)9-19/h3-8H,10H2,1-2H3. The number of aryl methyl sites for hydroxylation is 2. The molecule has 2 aromatic carbocycles. The highest BCUT2D eigenvalue weighted by molar-refractivity contribution is 5.98. The van der Waals surface area contributed by atoms with Gasteiger partial charge in [-0.2, -0.15) is 5.26 Å². The van der Waals surface area contributed by atoms with E-state index in [9.17, 15) is 9.18 Å². The third-order valence-electron chi connectivity index (χ3n) is 3.13. The smallest absolute Gasteiger partial charge is 0.200 e. The molecule has 2 rings (SSSR count). The maximum atomic E-state index is 13.4. The van der Waals surface area contributed by atoms with E-state index in [2.05, 4.69) is 0 Å². The van der Waals surface area contributed by atoms with Gasteiger partial charge in [0.1, 0.15) is 23.2 Å². The zero-order valence-corrected chi connectivity index (χ0v) is 11.8. The Hall–Kier alpha value is -2.67. The van der Waals surface area contributed by atoms with Crippen LogP contribution in [0.4, 0.5) is 4.39 Å². The molecular formula is C17H14FNO2. The highest BCUT2D eigenvalue weighted by Gasteiger charge is 2.13. The molecule has 0 aliphatic heterocycles.